The van der Waals surface area contributed by atoms with E-state index in [1.807, 2.05) is 32.0 Å². The topological polar surface area (TPSA) is 90.9 Å². The van der Waals surface area contributed by atoms with Crippen LogP contribution in [0.1, 0.15) is 49.5 Å². The van der Waals surface area contributed by atoms with Gasteiger partial charge in [0.25, 0.3) is 15.2 Å². The van der Waals surface area contributed by atoms with Crippen molar-refractivity contribution >= 4 is 10.0 Å². The zero-order chi connectivity index (χ0) is 15.2. The van der Waals surface area contributed by atoms with Crippen LogP contribution in [0, 0.1) is 0 Å². The molecule has 2 atom stereocenters. The summed E-state index contributed by atoms with van der Waals surface area (Å²) in [5.41, 5.74) is 1.25. The van der Waals surface area contributed by atoms with Crippen molar-refractivity contribution in [2.45, 2.75) is 43.3 Å². The molecular weight excluding hydrogens is 288 g/mol. The Morgan fingerprint density at radius 1 is 1.19 bits per heavy atom. The van der Waals surface area contributed by atoms with Crippen molar-refractivity contribution in [1.82, 2.24) is 14.8 Å². The van der Waals surface area contributed by atoms with E-state index in [0.29, 0.717) is 11.7 Å². The Kier molecular flexibility index (Phi) is 3.33. The molecule has 1 aliphatic carbocycles. The molecule has 1 aliphatic rings. The molecule has 0 bridgehead atoms. The van der Waals surface area contributed by atoms with Crippen LogP contribution in [0.3, 0.4) is 0 Å². The Balaban J connectivity index is 1.97. The third-order valence-corrected chi connectivity index (χ3v) is 4.60. The third-order valence-electron chi connectivity index (χ3n) is 3.81. The van der Waals surface area contributed by atoms with Gasteiger partial charge in [0.2, 0.25) is 0 Å². The number of aromatic nitrogens is 3. The van der Waals surface area contributed by atoms with Crippen LogP contribution in [-0.2, 0) is 10.0 Å². The van der Waals surface area contributed by atoms with E-state index in [9.17, 15) is 8.42 Å². The molecule has 6 nitrogen and oxygen atoms in total. The summed E-state index contributed by atoms with van der Waals surface area (Å²) in [5, 5.41) is 13.0. The Labute approximate surface area is 124 Å². The second-order valence-electron chi connectivity index (χ2n) is 5.71. The summed E-state index contributed by atoms with van der Waals surface area (Å²) < 4.78 is 24.9. The highest BCUT2D eigenvalue weighted by molar-refractivity contribution is 7.89. The molecule has 1 aromatic carbocycles. The molecule has 1 fully saturated rings. The number of rotatable bonds is 4. The van der Waals surface area contributed by atoms with Crippen molar-refractivity contribution in [2.24, 2.45) is 5.14 Å². The highest BCUT2D eigenvalue weighted by atomic mass is 32.2. The first-order chi connectivity index (χ1) is 9.89. The second kappa shape index (κ2) is 4.92. The van der Waals surface area contributed by atoms with Gasteiger partial charge in [0.15, 0.2) is 0 Å². The lowest BCUT2D eigenvalue weighted by atomic mass is 10.1. The van der Waals surface area contributed by atoms with E-state index in [4.69, 9.17) is 5.14 Å². The van der Waals surface area contributed by atoms with E-state index < -0.39 is 10.0 Å². The van der Waals surface area contributed by atoms with Gasteiger partial charge in [-0.2, -0.15) is 0 Å². The summed E-state index contributed by atoms with van der Waals surface area (Å²) in [6.45, 7) is 3.81. The fraction of sp³-hybridized carbons (Fsp3) is 0.429. The lowest BCUT2D eigenvalue weighted by Crippen LogP contribution is -2.20. The summed E-state index contributed by atoms with van der Waals surface area (Å²) >= 11 is 0. The SMILES string of the molecule is CC(C)n1c(C2CC2c2ccccc2)nnc1S(N)(=O)=O. The van der Waals surface area contributed by atoms with Crippen LogP contribution in [0.15, 0.2) is 35.5 Å². The highest BCUT2D eigenvalue weighted by Gasteiger charge is 2.44. The van der Waals surface area contributed by atoms with Gasteiger partial charge in [0.1, 0.15) is 5.82 Å². The molecule has 0 spiro atoms. The number of hydrogen-bond donors (Lipinski definition) is 1. The van der Waals surface area contributed by atoms with Crippen molar-refractivity contribution in [3.8, 4) is 0 Å². The minimum Gasteiger partial charge on any atom is -0.298 e. The first-order valence-electron chi connectivity index (χ1n) is 6.92. The molecule has 0 aliphatic heterocycles. The van der Waals surface area contributed by atoms with Gasteiger partial charge in [0, 0.05) is 12.0 Å². The van der Waals surface area contributed by atoms with Crippen LogP contribution >= 0.6 is 0 Å². The average Bonchev–Trinajstić information content (AvgIpc) is 3.08. The highest BCUT2D eigenvalue weighted by Crippen LogP contribution is 2.54. The zero-order valence-corrected chi connectivity index (χ0v) is 12.8. The van der Waals surface area contributed by atoms with E-state index in [1.54, 1.807) is 4.57 Å². The number of primary sulfonamides is 1. The maximum absolute atomic E-state index is 11.6. The average molecular weight is 306 g/mol. The summed E-state index contributed by atoms with van der Waals surface area (Å²) in [6, 6.07) is 10.1. The third kappa shape index (κ3) is 2.58. The van der Waals surface area contributed by atoms with Crippen molar-refractivity contribution in [1.29, 1.82) is 0 Å². The van der Waals surface area contributed by atoms with Crippen LogP contribution in [0.4, 0.5) is 0 Å². The van der Waals surface area contributed by atoms with E-state index in [2.05, 4.69) is 22.3 Å². The fourth-order valence-corrected chi connectivity index (χ4v) is 3.50. The molecule has 1 heterocycles. The Morgan fingerprint density at radius 3 is 2.43 bits per heavy atom. The normalized spacial score (nSPS) is 21.7. The molecule has 2 unspecified atom stereocenters. The molecule has 0 amide bonds. The molecule has 0 radical (unpaired) electrons. The zero-order valence-electron chi connectivity index (χ0n) is 12.0. The molecule has 112 valence electrons. The van der Waals surface area contributed by atoms with E-state index in [0.717, 1.165) is 6.42 Å². The quantitative estimate of drug-likeness (QED) is 0.932. The van der Waals surface area contributed by atoms with Crippen LogP contribution in [0.5, 0.6) is 0 Å². The monoisotopic (exact) mass is 306 g/mol. The lowest BCUT2D eigenvalue weighted by molar-refractivity contribution is 0.504. The van der Waals surface area contributed by atoms with Gasteiger partial charge in [-0.1, -0.05) is 30.3 Å². The Morgan fingerprint density at radius 2 is 1.86 bits per heavy atom. The largest absolute Gasteiger partial charge is 0.298 e. The van der Waals surface area contributed by atoms with Crippen molar-refractivity contribution in [3.63, 3.8) is 0 Å². The molecule has 2 aromatic rings. The molecule has 1 saturated carbocycles. The first-order valence-corrected chi connectivity index (χ1v) is 8.46. The summed E-state index contributed by atoms with van der Waals surface area (Å²) in [6.07, 6.45) is 0.958. The summed E-state index contributed by atoms with van der Waals surface area (Å²) in [4.78, 5) is 0. The number of nitrogens with two attached hydrogens (primary N) is 1. The minimum atomic E-state index is -3.86. The first kappa shape index (κ1) is 14.2. The number of nitrogens with zero attached hydrogens (tertiary/aromatic N) is 3. The summed E-state index contributed by atoms with van der Waals surface area (Å²) in [5.74, 6) is 1.29. The van der Waals surface area contributed by atoms with E-state index in [1.165, 1.54) is 5.56 Å². The predicted molar refractivity (Wildman–Crippen MR) is 78.3 cm³/mol. The van der Waals surface area contributed by atoms with Crippen LogP contribution in [-0.4, -0.2) is 23.2 Å². The molecule has 1 aromatic heterocycles. The predicted octanol–water partition coefficient (Wildman–Crippen LogP) is 1.78. The fourth-order valence-electron chi connectivity index (χ4n) is 2.77. The maximum Gasteiger partial charge on any atom is 0.273 e. The van der Waals surface area contributed by atoms with Gasteiger partial charge < -0.3 is 0 Å². The molecule has 0 saturated heterocycles. The van der Waals surface area contributed by atoms with Gasteiger partial charge in [0.05, 0.1) is 0 Å². The number of hydrogen-bond acceptors (Lipinski definition) is 4. The molecule has 2 N–H and O–H groups in total. The standard InChI is InChI=1S/C14H18N4O2S/c1-9(2)18-13(16-17-14(18)21(15,19)20)12-8-11(12)10-6-4-3-5-7-10/h3-7,9,11-12H,8H2,1-2H3,(H2,15,19,20). The number of benzene rings is 1. The molecule has 3 rings (SSSR count). The van der Waals surface area contributed by atoms with Gasteiger partial charge >= 0.3 is 0 Å². The van der Waals surface area contributed by atoms with Gasteiger partial charge in [-0.05, 0) is 31.7 Å². The van der Waals surface area contributed by atoms with Gasteiger partial charge in [-0.15, -0.1) is 10.2 Å². The van der Waals surface area contributed by atoms with E-state index >= 15 is 0 Å². The summed E-state index contributed by atoms with van der Waals surface area (Å²) in [7, 11) is -3.86. The van der Waals surface area contributed by atoms with Crippen molar-refractivity contribution in [2.75, 3.05) is 0 Å². The lowest BCUT2D eigenvalue weighted by Gasteiger charge is -2.12. The van der Waals surface area contributed by atoms with Crippen molar-refractivity contribution < 1.29 is 8.42 Å². The second-order valence-corrected chi connectivity index (χ2v) is 7.16. The van der Waals surface area contributed by atoms with Crippen LogP contribution < -0.4 is 5.14 Å². The van der Waals surface area contributed by atoms with E-state index in [-0.39, 0.29) is 17.1 Å². The number of sulfonamides is 1. The van der Waals surface area contributed by atoms with Crippen LogP contribution in [0.2, 0.25) is 0 Å². The smallest absolute Gasteiger partial charge is 0.273 e. The van der Waals surface area contributed by atoms with Gasteiger partial charge in [-0.3, -0.25) is 4.57 Å². The molecule has 7 heteroatoms. The maximum atomic E-state index is 11.6. The Bertz CT molecular complexity index is 753. The molecule has 21 heavy (non-hydrogen) atoms. The van der Waals surface area contributed by atoms with Crippen molar-refractivity contribution in [3.05, 3.63) is 41.7 Å². The molecular formula is C14H18N4O2S. The Hall–Kier alpha value is -1.73. The van der Waals surface area contributed by atoms with Crippen LogP contribution in [0.25, 0.3) is 0 Å². The minimum absolute atomic E-state index is 0.0552. The van der Waals surface area contributed by atoms with Gasteiger partial charge in [-0.25, -0.2) is 13.6 Å².